The number of benzene rings is 1. The van der Waals surface area contributed by atoms with Crippen molar-refractivity contribution in [3.05, 3.63) is 52.2 Å². The maximum Gasteiger partial charge on any atom is 0.280 e. The maximum atomic E-state index is 13.7. The van der Waals surface area contributed by atoms with Crippen LogP contribution in [0, 0.1) is 5.82 Å². The van der Waals surface area contributed by atoms with Crippen LogP contribution in [0.4, 0.5) is 13.2 Å². The highest BCUT2D eigenvalue weighted by Crippen LogP contribution is 2.54. The molecule has 1 saturated carbocycles. The van der Waals surface area contributed by atoms with Crippen molar-refractivity contribution in [1.82, 2.24) is 29.7 Å². The molecule has 0 N–H and O–H groups in total. The van der Waals surface area contributed by atoms with Crippen LogP contribution in [-0.2, 0) is 21.5 Å². The zero-order valence-corrected chi connectivity index (χ0v) is 19.1. The van der Waals surface area contributed by atoms with Gasteiger partial charge in [0.25, 0.3) is 12.3 Å². The van der Waals surface area contributed by atoms with Crippen molar-refractivity contribution in [2.24, 2.45) is 0 Å². The molecule has 2 aliphatic rings. The number of rotatable bonds is 7. The summed E-state index contributed by atoms with van der Waals surface area (Å²) < 4.78 is 47.2. The van der Waals surface area contributed by atoms with Gasteiger partial charge in [0.15, 0.2) is 11.5 Å². The van der Waals surface area contributed by atoms with Gasteiger partial charge in [-0.25, -0.2) is 13.2 Å². The molecule has 0 radical (unpaired) electrons. The molecule has 0 atom stereocenters. The summed E-state index contributed by atoms with van der Waals surface area (Å²) in [6.45, 7) is 1.00. The van der Waals surface area contributed by atoms with Gasteiger partial charge in [-0.3, -0.25) is 14.3 Å². The molecule has 3 heterocycles. The molecule has 2 aromatic heterocycles. The summed E-state index contributed by atoms with van der Waals surface area (Å²) in [5.41, 5.74) is -0.423. The Balaban J connectivity index is 1.37. The molecule has 1 saturated heterocycles. The molecule has 1 aromatic carbocycles. The monoisotopic (exact) mass is 508 g/mol. The molecule has 0 unspecified atom stereocenters. The normalized spacial score (nSPS) is 17.2. The first-order chi connectivity index (χ1) is 16.8. The van der Waals surface area contributed by atoms with Crippen molar-refractivity contribution in [3.8, 4) is 11.6 Å². The SMILES string of the molecule is O=CN1CCN(C(=O)Cn2nc(-c3nc(C4(c5ccc(F)cc5Cl)CC4)no3)cc2C(F)F)CC1. The van der Waals surface area contributed by atoms with E-state index in [0.717, 1.165) is 10.7 Å². The smallest absolute Gasteiger partial charge is 0.280 e. The summed E-state index contributed by atoms with van der Waals surface area (Å²) in [6, 6.07) is 5.20. The number of aromatic nitrogens is 4. The first-order valence-corrected chi connectivity index (χ1v) is 11.3. The number of halogens is 4. The molecular formula is C22H20ClF3N6O3. The number of carbonyl (C=O) groups is 2. The van der Waals surface area contributed by atoms with Gasteiger partial charge in [0.2, 0.25) is 12.3 Å². The largest absolute Gasteiger partial charge is 0.342 e. The molecule has 35 heavy (non-hydrogen) atoms. The standard InChI is InChI=1S/C22H20ClF3N6O3/c23-15-9-13(24)1-2-14(15)22(3-4-22)21-27-20(35-29-21)16-10-17(19(25)26)32(28-16)11-18(34)31-7-5-30(12-33)6-8-31/h1-2,9-10,12,19H,3-8,11H2. The maximum absolute atomic E-state index is 13.7. The van der Waals surface area contributed by atoms with Crippen LogP contribution in [0.25, 0.3) is 11.6 Å². The molecule has 13 heteroatoms. The molecule has 3 aromatic rings. The van der Waals surface area contributed by atoms with Crippen molar-refractivity contribution >= 4 is 23.9 Å². The summed E-state index contributed by atoms with van der Waals surface area (Å²) in [6.07, 6.45) is -0.837. The second kappa shape index (κ2) is 8.99. The van der Waals surface area contributed by atoms with E-state index in [-0.39, 0.29) is 22.5 Å². The average molecular weight is 509 g/mol. The Morgan fingerprint density at radius 3 is 2.57 bits per heavy atom. The summed E-state index contributed by atoms with van der Waals surface area (Å²) >= 11 is 6.23. The molecule has 0 spiro atoms. The van der Waals surface area contributed by atoms with Gasteiger partial charge in [-0.2, -0.15) is 10.1 Å². The third-order valence-electron chi connectivity index (χ3n) is 6.41. The highest BCUT2D eigenvalue weighted by atomic mass is 35.5. The molecule has 1 aliphatic heterocycles. The minimum absolute atomic E-state index is 0.0126. The minimum Gasteiger partial charge on any atom is -0.342 e. The van der Waals surface area contributed by atoms with Gasteiger partial charge in [0, 0.05) is 31.2 Å². The van der Waals surface area contributed by atoms with Crippen LogP contribution in [0.15, 0.2) is 28.8 Å². The number of hydrogen-bond donors (Lipinski definition) is 0. The molecule has 1 aliphatic carbocycles. The van der Waals surface area contributed by atoms with E-state index in [1.54, 1.807) is 11.0 Å². The summed E-state index contributed by atoms with van der Waals surface area (Å²) in [7, 11) is 0. The number of alkyl halides is 2. The van der Waals surface area contributed by atoms with Crippen molar-refractivity contribution in [2.75, 3.05) is 26.2 Å². The third kappa shape index (κ3) is 4.38. The quantitative estimate of drug-likeness (QED) is 0.455. The van der Waals surface area contributed by atoms with Gasteiger partial charge in [-0.05, 0) is 36.6 Å². The van der Waals surface area contributed by atoms with Gasteiger partial charge < -0.3 is 14.3 Å². The number of piperazine rings is 1. The highest BCUT2D eigenvalue weighted by molar-refractivity contribution is 6.31. The van der Waals surface area contributed by atoms with E-state index < -0.39 is 29.9 Å². The molecule has 2 amide bonds. The van der Waals surface area contributed by atoms with Crippen molar-refractivity contribution in [1.29, 1.82) is 0 Å². The van der Waals surface area contributed by atoms with Crippen LogP contribution in [0.2, 0.25) is 5.02 Å². The molecule has 2 fully saturated rings. The van der Waals surface area contributed by atoms with Crippen LogP contribution >= 0.6 is 11.6 Å². The Morgan fingerprint density at radius 1 is 1.20 bits per heavy atom. The molecular weight excluding hydrogens is 489 g/mol. The lowest BCUT2D eigenvalue weighted by Crippen LogP contribution is -2.49. The molecule has 184 valence electrons. The Bertz CT molecular complexity index is 1270. The predicted molar refractivity (Wildman–Crippen MR) is 116 cm³/mol. The Labute approximate surface area is 202 Å². The van der Waals surface area contributed by atoms with Crippen LogP contribution in [0.5, 0.6) is 0 Å². The van der Waals surface area contributed by atoms with Gasteiger partial charge >= 0.3 is 0 Å². The van der Waals surface area contributed by atoms with Crippen molar-refractivity contribution < 1.29 is 27.3 Å². The summed E-state index contributed by atoms with van der Waals surface area (Å²) in [4.78, 5) is 30.9. The van der Waals surface area contributed by atoms with E-state index in [0.29, 0.717) is 56.8 Å². The van der Waals surface area contributed by atoms with E-state index >= 15 is 0 Å². The lowest BCUT2D eigenvalue weighted by molar-refractivity contribution is -0.136. The zero-order chi connectivity index (χ0) is 24.7. The van der Waals surface area contributed by atoms with Gasteiger partial charge in [-0.1, -0.05) is 22.8 Å². The fraction of sp³-hybridized carbons (Fsp3) is 0.409. The second-order valence-corrected chi connectivity index (χ2v) is 8.97. The van der Waals surface area contributed by atoms with E-state index in [4.69, 9.17) is 16.1 Å². The van der Waals surface area contributed by atoms with Crippen molar-refractivity contribution in [2.45, 2.75) is 31.2 Å². The number of amides is 2. The second-order valence-electron chi connectivity index (χ2n) is 8.56. The fourth-order valence-corrected chi connectivity index (χ4v) is 4.63. The lowest BCUT2D eigenvalue weighted by atomic mass is 9.95. The topological polar surface area (TPSA) is 97.4 Å². The van der Waals surface area contributed by atoms with E-state index in [1.165, 1.54) is 17.0 Å². The van der Waals surface area contributed by atoms with E-state index in [1.807, 2.05) is 0 Å². The first-order valence-electron chi connectivity index (χ1n) is 10.9. The van der Waals surface area contributed by atoms with E-state index in [2.05, 4.69) is 15.2 Å². The van der Waals surface area contributed by atoms with Gasteiger partial charge in [0.05, 0.1) is 5.41 Å². The minimum atomic E-state index is -2.88. The average Bonchev–Trinajstić information content (AvgIpc) is 3.27. The lowest BCUT2D eigenvalue weighted by Gasteiger charge is -2.32. The van der Waals surface area contributed by atoms with Crippen molar-refractivity contribution in [3.63, 3.8) is 0 Å². The predicted octanol–water partition coefficient (Wildman–Crippen LogP) is 3.04. The molecule has 5 rings (SSSR count). The number of nitrogens with zero attached hydrogens (tertiary/aromatic N) is 6. The first kappa shape index (κ1) is 23.3. The molecule has 9 nitrogen and oxygen atoms in total. The van der Waals surface area contributed by atoms with Gasteiger partial charge in [-0.15, -0.1) is 0 Å². The zero-order valence-electron chi connectivity index (χ0n) is 18.3. The Hall–Kier alpha value is -3.41. The van der Waals surface area contributed by atoms with E-state index in [9.17, 15) is 22.8 Å². The third-order valence-corrected chi connectivity index (χ3v) is 6.72. The molecule has 0 bridgehead atoms. The summed E-state index contributed by atoms with van der Waals surface area (Å²) in [5.74, 6) is -0.620. The number of hydrogen-bond acceptors (Lipinski definition) is 6. The Kier molecular flexibility index (Phi) is 5.99. The van der Waals surface area contributed by atoms with Gasteiger partial charge in [0.1, 0.15) is 18.1 Å². The Morgan fingerprint density at radius 2 is 1.94 bits per heavy atom. The van der Waals surface area contributed by atoms with Crippen LogP contribution in [0.3, 0.4) is 0 Å². The van der Waals surface area contributed by atoms with Crippen LogP contribution < -0.4 is 0 Å². The van der Waals surface area contributed by atoms with Crippen LogP contribution in [-0.4, -0.2) is 68.2 Å². The van der Waals surface area contributed by atoms with Crippen LogP contribution in [0.1, 0.15) is 36.3 Å². The number of carbonyl (C=O) groups excluding carboxylic acids is 2. The highest BCUT2D eigenvalue weighted by Gasteiger charge is 2.51. The summed E-state index contributed by atoms with van der Waals surface area (Å²) in [5, 5.41) is 8.39. The fourth-order valence-electron chi connectivity index (χ4n) is 4.28.